The van der Waals surface area contributed by atoms with Gasteiger partial charge in [0, 0.05) is 0 Å². The molecule has 0 bridgehead atoms. The van der Waals surface area contributed by atoms with Crippen LogP contribution in [0.25, 0.3) is 0 Å². The van der Waals surface area contributed by atoms with Gasteiger partial charge in [0.1, 0.15) is 0 Å². The highest BCUT2D eigenvalue weighted by Crippen LogP contribution is 2.35. The summed E-state index contributed by atoms with van der Waals surface area (Å²) in [5.74, 6) is -0.131. The maximum absolute atomic E-state index is 11.4. The summed E-state index contributed by atoms with van der Waals surface area (Å²) in [6.45, 7) is 5.88. The number of carbonyl (C=O) groups excluding carboxylic acids is 1. The van der Waals surface area contributed by atoms with Gasteiger partial charge in [0.2, 0.25) is 0 Å². The zero-order valence-electron chi connectivity index (χ0n) is 9.37. The Bertz CT molecular complexity index is 227. The van der Waals surface area contributed by atoms with Gasteiger partial charge in [0.15, 0.2) is 0 Å². The molecule has 0 saturated heterocycles. The normalized spacial score (nSPS) is 30.9. The molecular formula is C12H20O3. The van der Waals surface area contributed by atoms with Crippen molar-refractivity contribution in [2.24, 2.45) is 5.92 Å². The van der Waals surface area contributed by atoms with E-state index in [1.165, 1.54) is 0 Å². The highest BCUT2D eigenvalue weighted by atomic mass is 16.5. The van der Waals surface area contributed by atoms with Crippen LogP contribution in [0.2, 0.25) is 0 Å². The Labute approximate surface area is 91.1 Å². The van der Waals surface area contributed by atoms with Gasteiger partial charge in [-0.05, 0) is 39.0 Å². The molecule has 3 heteroatoms. The number of carbonyl (C=O) groups is 1. The van der Waals surface area contributed by atoms with Gasteiger partial charge in [0.05, 0.1) is 18.1 Å². The molecule has 0 aliphatic heterocycles. The average Bonchev–Trinajstić information content (AvgIpc) is 2.19. The number of esters is 1. The first-order valence-electron chi connectivity index (χ1n) is 5.61. The van der Waals surface area contributed by atoms with E-state index in [1.807, 2.05) is 6.92 Å². The molecule has 86 valence electrons. The average molecular weight is 212 g/mol. The Balaban J connectivity index is 2.41. The molecule has 1 aliphatic carbocycles. The monoisotopic (exact) mass is 212 g/mol. The molecule has 0 heterocycles. The van der Waals surface area contributed by atoms with E-state index in [1.54, 1.807) is 6.08 Å². The van der Waals surface area contributed by atoms with E-state index in [0.29, 0.717) is 25.9 Å². The summed E-state index contributed by atoms with van der Waals surface area (Å²) in [5.41, 5.74) is -0.634. The molecule has 1 fully saturated rings. The van der Waals surface area contributed by atoms with E-state index in [4.69, 9.17) is 4.74 Å². The summed E-state index contributed by atoms with van der Waals surface area (Å²) in [5, 5.41) is 10.1. The molecule has 0 amide bonds. The first-order valence-corrected chi connectivity index (χ1v) is 5.61. The van der Waals surface area contributed by atoms with Crippen molar-refractivity contribution in [1.29, 1.82) is 0 Å². The van der Waals surface area contributed by atoms with E-state index in [9.17, 15) is 9.90 Å². The van der Waals surface area contributed by atoms with Crippen LogP contribution in [0.1, 0.15) is 39.0 Å². The summed E-state index contributed by atoms with van der Waals surface area (Å²) in [7, 11) is 0. The van der Waals surface area contributed by atoms with Crippen molar-refractivity contribution in [2.75, 3.05) is 6.61 Å². The Morgan fingerprint density at radius 3 is 2.67 bits per heavy atom. The third-order valence-electron chi connectivity index (χ3n) is 3.06. The zero-order valence-corrected chi connectivity index (χ0v) is 9.37. The van der Waals surface area contributed by atoms with Gasteiger partial charge in [-0.3, -0.25) is 4.79 Å². The molecule has 0 spiro atoms. The summed E-state index contributed by atoms with van der Waals surface area (Å²) >= 11 is 0. The van der Waals surface area contributed by atoms with E-state index in [-0.39, 0.29) is 11.9 Å². The van der Waals surface area contributed by atoms with Gasteiger partial charge < -0.3 is 9.84 Å². The third-order valence-corrected chi connectivity index (χ3v) is 3.06. The molecule has 1 N–H and O–H groups in total. The number of hydrogen-bond donors (Lipinski definition) is 1. The largest absolute Gasteiger partial charge is 0.466 e. The van der Waals surface area contributed by atoms with Gasteiger partial charge >= 0.3 is 5.97 Å². The minimum absolute atomic E-state index is 0.0185. The van der Waals surface area contributed by atoms with Crippen LogP contribution < -0.4 is 0 Å². The van der Waals surface area contributed by atoms with Crippen LogP contribution >= 0.6 is 0 Å². The minimum atomic E-state index is -0.634. The van der Waals surface area contributed by atoms with Crippen molar-refractivity contribution < 1.29 is 14.6 Å². The molecule has 1 aliphatic rings. The maximum Gasteiger partial charge on any atom is 0.308 e. The smallest absolute Gasteiger partial charge is 0.308 e. The van der Waals surface area contributed by atoms with E-state index in [2.05, 4.69) is 6.58 Å². The highest BCUT2D eigenvalue weighted by molar-refractivity contribution is 5.72. The van der Waals surface area contributed by atoms with E-state index >= 15 is 0 Å². The maximum atomic E-state index is 11.4. The van der Waals surface area contributed by atoms with Gasteiger partial charge in [0.25, 0.3) is 0 Å². The second-order valence-corrected chi connectivity index (χ2v) is 4.24. The molecule has 0 radical (unpaired) electrons. The van der Waals surface area contributed by atoms with Crippen LogP contribution in [0.15, 0.2) is 12.7 Å². The fraction of sp³-hybridized carbons (Fsp3) is 0.750. The first kappa shape index (κ1) is 12.2. The predicted octanol–water partition coefficient (Wildman–Crippen LogP) is 2.05. The Hall–Kier alpha value is -0.830. The second kappa shape index (κ2) is 5.31. The summed E-state index contributed by atoms with van der Waals surface area (Å²) in [6.07, 6.45) is 5.14. The number of aliphatic hydroxyl groups is 1. The highest BCUT2D eigenvalue weighted by Gasteiger charge is 2.35. The van der Waals surface area contributed by atoms with Crippen LogP contribution in [0.4, 0.5) is 0 Å². The number of rotatable bonds is 4. The quantitative estimate of drug-likeness (QED) is 0.573. The fourth-order valence-electron chi connectivity index (χ4n) is 2.12. The van der Waals surface area contributed by atoms with Crippen molar-refractivity contribution in [3.63, 3.8) is 0 Å². The molecule has 1 saturated carbocycles. The van der Waals surface area contributed by atoms with Gasteiger partial charge in [-0.2, -0.15) is 0 Å². The van der Waals surface area contributed by atoms with Crippen molar-refractivity contribution in [3.05, 3.63) is 12.7 Å². The van der Waals surface area contributed by atoms with Gasteiger partial charge in [-0.1, -0.05) is 6.08 Å². The van der Waals surface area contributed by atoms with E-state index in [0.717, 1.165) is 12.8 Å². The molecule has 15 heavy (non-hydrogen) atoms. The van der Waals surface area contributed by atoms with Gasteiger partial charge in [-0.25, -0.2) is 0 Å². The van der Waals surface area contributed by atoms with Crippen LogP contribution in [0.3, 0.4) is 0 Å². The lowest BCUT2D eigenvalue weighted by Gasteiger charge is -2.34. The second-order valence-electron chi connectivity index (χ2n) is 4.24. The molecule has 0 aromatic rings. The molecule has 0 atom stereocenters. The van der Waals surface area contributed by atoms with Crippen molar-refractivity contribution in [3.8, 4) is 0 Å². The third kappa shape index (κ3) is 3.34. The number of ether oxygens (including phenoxy) is 1. The molecule has 0 aromatic heterocycles. The molecule has 1 rings (SSSR count). The lowest BCUT2D eigenvalue weighted by atomic mass is 9.77. The zero-order chi connectivity index (χ0) is 11.3. The minimum Gasteiger partial charge on any atom is -0.466 e. The molecule has 3 nitrogen and oxygen atoms in total. The Morgan fingerprint density at radius 1 is 1.60 bits per heavy atom. The Morgan fingerprint density at radius 2 is 2.20 bits per heavy atom. The first-order chi connectivity index (χ1) is 7.11. The van der Waals surface area contributed by atoms with Crippen molar-refractivity contribution in [2.45, 2.75) is 44.6 Å². The number of hydrogen-bond acceptors (Lipinski definition) is 3. The summed E-state index contributed by atoms with van der Waals surface area (Å²) in [6, 6.07) is 0. The van der Waals surface area contributed by atoms with Crippen LogP contribution in [-0.2, 0) is 9.53 Å². The lowest BCUT2D eigenvalue weighted by molar-refractivity contribution is -0.151. The van der Waals surface area contributed by atoms with Crippen LogP contribution in [0.5, 0.6) is 0 Å². The molecular weight excluding hydrogens is 192 g/mol. The standard InChI is InChI=1S/C12H20O3/c1-3-7-12(14)8-5-10(6-9-12)11(13)15-4-2/h3,10,14H,1,4-9H2,2H3. The summed E-state index contributed by atoms with van der Waals surface area (Å²) in [4.78, 5) is 11.4. The van der Waals surface area contributed by atoms with E-state index < -0.39 is 5.60 Å². The predicted molar refractivity (Wildman–Crippen MR) is 58.4 cm³/mol. The van der Waals surface area contributed by atoms with Gasteiger partial charge in [-0.15, -0.1) is 6.58 Å². The topological polar surface area (TPSA) is 46.5 Å². The molecule has 0 aromatic carbocycles. The Kier molecular flexibility index (Phi) is 4.33. The SMILES string of the molecule is C=CCC1(O)CCC(C(=O)OCC)CC1. The lowest BCUT2D eigenvalue weighted by Crippen LogP contribution is -2.36. The molecule has 0 unspecified atom stereocenters. The fourth-order valence-corrected chi connectivity index (χ4v) is 2.12. The van der Waals surface area contributed by atoms with Crippen LogP contribution in [-0.4, -0.2) is 23.3 Å². The van der Waals surface area contributed by atoms with Crippen molar-refractivity contribution >= 4 is 5.97 Å². The van der Waals surface area contributed by atoms with Crippen molar-refractivity contribution in [1.82, 2.24) is 0 Å². The summed E-state index contributed by atoms with van der Waals surface area (Å²) < 4.78 is 4.97. The van der Waals surface area contributed by atoms with Crippen LogP contribution in [0, 0.1) is 5.92 Å².